The quantitative estimate of drug-likeness (QED) is 0.272. The number of rotatable bonds is 12. The molecule has 206 valence electrons. The molecule has 4 rings (SSSR count). The van der Waals surface area contributed by atoms with E-state index in [1.807, 2.05) is 55.6 Å². The van der Waals surface area contributed by atoms with E-state index in [-0.39, 0.29) is 23.9 Å². The van der Waals surface area contributed by atoms with Gasteiger partial charge in [0.15, 0.2) is 5.43 Å². The van der Waals surface area contributed by atoms with E-state index in [4.69, 9.17) is 13.9 Å². The van der Waals surface area contributed by atoms with E-state index in [1.54, 1.807) is 29.6 Å². The summed E-state index contributed by atoms with van der Waals surface area (Å²) in [5.74, 6) is 1.77. The van der Waals surface area contributed by atoms with Crippen molar-refractivity contribution in [3.8, 4) is 22.8 Å². The smallest absolute Gasteiger partial charge is 0.518 e. The van der Waals surface area contributed by atoms with Crippen LogP contribution in [0.3, 0.4) is 0 Å². The molecule has 7 nitrogen and oxygen atoms in total. The van der Waals surface area contributed by atoms with Gasteiger partial charge in [0.1, 0.15) is 22.8 Å². The Bertz CT molecular complexity index is 1410. The SMILES string of the molecule is CCCC[NH2+]C(=O)Oc1cccc(CN(C)CCCOc2ccc3c(=O)cc(-c4ccccc4)oc3c2)c1.[Cl-]. The number of amides is 1. The number of primary amides is 1. The maximum Gasteiger partial charge on any atom is 0.518 e. The minimum absolute atomic E-state index is 0. The molecule has 1 heterocycles. The Balaban J connectivity index is 0.00000420. The van der Waals surface area contributed by atoms with Crippen molar-refractivity contribution in [2.45, 2.75) is 32.7 Å². The van der Waals surface area contributed by atoms with Crippen LogP contribution in [0.1, 0.15) is 31.7 Å². The highest BCUT2D eigenvalue weighted by Gasteiger charge is 2.10. The zero-order valence-corrected chi connectivity index (χ0v) is 23.2. The van der Waals surface area contributed by atoms with Crippen molar-refractivity contribution in [3.05, 3.63) is 94.6 Å². The second kappa shape index (κ2) is 15.1. The van der Waals surface area contributed by atoms with Crippen molar-refractivity contribution in [3.63, 3.8) is 0 Å². The van der Waals surface area contributed by atoms with Gasteiger partial charge in [-0.05, 0) is 49.7 Å². The van der Waals surface area contributed by atoms with Crippen molar-refractivity contribution >= 4 is 17.1 Å². The number of benzene rings is 3. The molecule has 39 heavy (non-hydrogen) atoms. The molecular weight excluding hydrogens is 516 g/mol. The van der Waals surface area contributed by atoms with Crippen LogP contribution in [0.25, 0.3) is 22.3 Å². The number of carbonyl (C=O) groups is 1. The third kappa shape index (κ3) is 8.96. The molecule has 0 aliphatic carbocycles. The highest BCUT2D eigenvalue weighted by atomic mass is 35.5. The van der Waals surface area contributed by atoms with Crippen LogP contribution >= 0.6 is 0 Å². The Kier molecular flexibility index (Phi) is 11.6. The second-order valence-electron chi connectivity index (χ2n) is 9.35. The lowest BCUT2D eigenvalue weighted by atomic mass is 10.1. The Morgan fingerprint density at radius 3 is 2.56 bits per heavy atom. The molecule has 1 aromatic heterocycles. The minimum atomic E-state index is -0.301. The number of quaternary nitrogens is 1. The molecule has 1 amide bonds. The van der Waals surface area contributed by atoms with E-state index in [9.17, 15) is 9.59 Å². The number of hydrogen-bond donors (Lipinski definition) is 1. The minimum Gasteiger partial charge on any atom is -1.00 e. The van der Waals surface area contributed by atoms with E-state index in [0.29, 0.717) is 34.8 Å². The largest absolute Gasteiger partial charge is 1.00 e. The summed E-state index contributed by atoms with van der Waals surface area (Å²) in [5, 5.41) is 2.14. The molecule has 8 heteroatoms. The highest BCUT2D eigenvalue weighted by Crippen LogP contribution is 2.25. The van der Waals surface area contributed by atoms with Crippen LogP contribution in [0.2, 0.25) is 0 Å². The van der Waals surface area contributed by atoms with Crippen LogP contribution in [0.15, 0.2) is 88.1 Å². The first-order chi connectivity index (χ1) is 18.5. The number of fused-ring (bicyclic) bond motifs is 1. The molecule has 0 aliphatic rings. The maximum atomic E-state index is 12.6. The summed E-state index contributed by atoms with van der Waals surface area (Å²) in [7, 11) is 2.05. The van der Waals surface area contributed by atoms with Crippen LogP contribution in [-0.4, -0.2) is 37.7 Å². The van der Waals surface area contributed by atoms with Crippen LogP contribution in [-0.2, 0) is 6.54 Å². The third-order valence-corrected chi connectivity index (χ3v) is 6.15. The average Bonchev–Trinajstić information content (AvgIpc) is 2.92. The summed E-state index contributed by atoms with van der Waals surface area (Å²) in [5.41, 5.74) is 2.36. The van der Waals surface area contributed by atoms with Gasteiger partial charge in [-0.1, -0.05) is 55.8 Å². The first-order valence-electron chi connectivity index (χ1n) is 13.1. The number of carbonyl (C=O) groups excluding carboxylic acids is 1. The van der Waals surface area contributed by atoms with Crippen LogP contribution < -0.4 is 32.6 Å². The Hall–Kier alpha value is -3.65. The fourth-order valence-electron chi connectivity index (χ4n) is 4.17. The molecule has 0 aliphatic heterocycles. The zero-order valence-electron chi connectivity index (χ0n) is 22.4. The van der Waals surface area contributed by atoms with Crippen molar-refractivity contribution in [2.24, 2.45) is 0 Å². The number of nitrogens with zero attached hydrogens (tertiary/aromatic N) is 1. The van der Waals surface area contributed by atoms with Crippen LogP contribution in [0.4, 0.5) is 4.79 Å². The maximum absolute atomic E-state index is 12.6. The van der Waals surface area contributed by atoms with Gasteiger partial charge < -0.3 is 31.2 Å². The van der Waals surface area contributed by atoms with Gasteiger partial charge in [-0.3, -0.25) is 4.79 Å². The van der Waals surface area contributed by atoms with E-state index >= 15 is 0 Å². The van der Waals surface area contributed by atoms with E-state index in [1.165, 1.54) is 6.07 Å². The Labute approximate surface area is 235 Å². The molecule has 4 aromatic rings. The summed E-state index contributed by atoms with van der Waals surface area (Å²) < 4.78 is 17.4. The molecule has 0 unspecified atom stereocenters. The van der Waals surface area contributed by atoms with Gasteiger partial charge in [-0.25, -0.2) is 5.32 Å². The van der Waals surface area contributed by atoms with Crippen molar-refractivity contribution in [1.82, 2.24) is 4.90 Å². The Morgan fingerprint density at radius 1 is 0.949 bits per heavy atom. The van der Waals surface area contributed by atoms with Gasteiger partial charge in [0.25, 0.3) is 0 Å². The first kappa shape index (κ1) is 29.9. The van der Waals surface area contributed by atoms with Gasteiger partial charge in [0.05, 0.1) is 18.5 Å². The summed E-state index contributed by atoms with van der Waals surface area (Å²) in [4.78, 5) is 26.7. The summed E-state index contributed by atoms with van der Waals surface area (Å²) >= 11 is 0. The number of unbranched alkanes of at least 4 members (excludes halogenated alkanes) is 1. The molecular formula is C31H35ClN2O5. The number of nitrogens with two attached hydrogens (primary N) is 1. The first-order valence-corrected chi connectivity index (χ1v) is 13.1. The predicted molar refractivity (Wildman–Crippen MR) is 149 cm³/mol. The van der Waals surface area contributed by atoms with E-state index in [0.717, 1.165) is 50.0 Å². The molecule has 0 fully saturated rings. The highest BCUT2D eigenvalue weighted by molar-refractivity contribution is 5.80. The van der Waals surface area contributed by atoms with Crippen LogP contribution in [0.5, 0.6) is 11.5 Å². The fraction of sp³-hybridized carbons (Fsp3) is 0.290. The predicted octanol–water partition coefficient (Wildman–Crippen LogP) is 2.23. The summed E-state index contributed by atoms with van der Waals surface area (Å²) in [6, 6.07) is 24.1. The van der Waals surface area contributed by atoms with Gasteiger partial charge in [0, 0.05) is 30.8 Å². The number of hydrogen-bond acceptors (Lipinski definition) is 6. The molecule has 3 aromatic carbocycles. The lowest BCUT2D eigenvalue weighted by molar-refractivity contribution is -0.566. The summed E-state index contributed by atoms with van der Waals surface area (Å²) in [6.07, 6.45) is 2.55. The molecule has 0 atom stereocenters. The Morgan fingerprint density at radius 2 is 1.77 bits per heavy atom. The average molecular weight is 551 g/mol. The molecule has 2 N–H and O–H groups in total. The van der Waals surface area contributed by atoms with E-state index in [2.05, 4.69) is 11.8 Å². The second-order valence-corrected chi connectivity index (χ2v) is 9.35. The van der Waals surface area contributed by atoms with Gasteiger partial charge in [-0.2, -0.15) is 4.79 Å². The van der Waals surface area contributed by atoms with Crippen molar-refractivity contribution in [1.29, 1.82) is 0 Å². The normalized spacial score (nSPS) is 10.8. The van der Waals surface area contributed by atoms with Crippen molar-refractivity contribution < 1.29 is 36.4 Å². The molecule has 0 spiro atoms. The standard InChI is InChI=1S/C31H34N2O5.ClH/c1-3-4-16-32-31(35)37-26-13-8-10-23(19-26)22-33(2)17-9-18-36-25-14-15-27-28(34)21-29(38-30(27)20-25)24-11-6-5-7-12-24;/h5-8,10-15,19-21H,3-4,9,16-18,22H2,1-2H3,(H,32,35);1H. The van der Waals surface area contributed by atoms with Gasteiger partial charge in [0.2, 0.25) is 0 Å². The molecule has 0 saturated heterocycles. The molecule has 0 radical (unpaired) electrons. The third-order valence-electron chi connectivity index (χ3n) is 6.15. The lowest BCUT2D eigenvalue weighted by Gasteiger charge is -2.17. The fourth-order valence-corrected chi connectivity index (χ4v) is 4.17. The van der Waals surface area contributed by atoms with Crippen molar-refractivity contribution in [2.75, 3.05) is 26.7 Å². The zero-order chi connectivity index (χ0) is 26.7. The lowest BCUT2D eigenvalue weighted by Crippen LogP contribution is -3.00. The van der Waals surface area contributed by atoms with Crippen LogP contribution in [0, 0.1) is 0 Å². The molecule has 0 bridgehead atoms. The van der Waals surface area contributed by atoms with Gasteiger partial charge in [-0.15, -0.1) is 0 Å². The topological polar surface area (TPSA) is 85.6 Å². The molecule has 0 saturated carbocycles. The number of ether oxygens (including phenoxy) is 2. The van der Waals surface area contributed by atoms with Gasteiger partial charge >= 0.3 is 6.09 Å². The number of halogens is 1. The van der Waals surface area contributed by atoms with E-state index < -0.39 is 0 Å². The monoisotopic (exact) mass is 550 g/mol. The summed E-state index contributed by atoms with van der Waals surface area (Å²) in [6.45, 7) is 4.92.